The lowest BCUT2D eigenvalue weighted by Gasteiger charge is -2.30. The van der Waals surface area contributed by atoms with Crippen LogP contribution in [0.25, 0.3) is 0 Å². The van der Waals surface area contributed by atoms with Crippen molar-refractivity contribution < 1.29 is 37.3 Å². The largest absolute Gasteiger partial charge is 0.756 e. The third kappa shape index (κ3) is 61.2. The zero-order valence-electron chi connectivity index (χ0n) is 53.9. The number of carbonyl (C=O) groups excluding carboxylic acids is 2. The van der Waals surface area contributed by atoms with E-state index in [4.69, 9.17) is 13.8 Å². The Balaban J connectivity index is 5.24. The number of phosphoric ester groups is 1. The highest BCUT2D eigenvalue weighted by atomic mass is 31.2. The fraction of sp³-hybridized carbons (Fsp3) is 0.722. The number of nitrogens with one attached hydrogen (secondary N) is 1. The van der Waals surface area contributed by atoms with Gasteiger partial charge in [0, 0.05) is 12.8 Å². The van der Waals surface area contributed by atoms with E-state index < -0.39 is 26.6 Å². The Morgan fingerprint density at radius 3 is 1.13 bits per heavy atom. The van der Waals surface area contributed by atoms with Gasteiger partial charge in [-0.25, -0.2) is 0 Å². The molecule has 0 fully saturated rings. The topological polar surface area (TPSA) is 114 Å². The lowest BCUT2D eigenvalue weighted by molar-refractivity contribution is -0.870. The van der Waals surface area contributed by atoms with Gasteiger partial charge in [-0.2, -0.15) is 0 Å². The first-order chi connectivity index (χ1) is 39.9. The molecule has 0 bridgehead atoms. The summed E-state index contributed by atoms with van der Waals surface area (Å²) in [5.41, 5.74) is 0. The van der Waals surface area contributed by atoms with Crippen molar-refractivity contribution in [1.29, 1.82) is 0 Å². The maximum Gasteiger partial charge on any atom is 0.306 e. The monoisotopic (exact) mass is 1160 g/mol. The Hall–Kier alpha value is -3.33. The second-order valence-corrected chi connectivity index (χ2v) is 25.0. The first-order valence-corrected chi connectivity index (χ1v) is 35.2. The van der Waals surface area contributed by atoms with E-state index in [2.05, 4.69) is 123 Å². The predicted octanol–water partition coefficient (Wildman–Crippen LogP) is 20.7. The van der Waals surface area contributed by atoms with Gasteiger partial charge < -0.3 is 28.5 Å². The van der Waals surface area contributed by atoms with Crippen molar-refractivity contribution >= 4 is 19.7 Å². The summed E-state index contributed by atoms with van der Waals surface area (Å²) in [4.78, 5) is 40.1. The van der Waals surface area contributed by atoms with Crippen LogP contribution in [-0.4, -0.2) is 69.4 Å². The number of nitrogens with zero attached hydrogens (tertiary/aromatic N) is 1. The van der Waals surface area contributed by atoms with E-state index in [1.165, 1.54) is 122 Å². The molecule has 1 amide bonds. The normalized spacial score (nSPS) is 14.3. The number of quaternary nitrogens is 1. The number of esters is 1. The molecule has 0 aromatic heterocycles. The summed E-state index contributed by atoms with van der Waals surface area (Å²) in [6.45, 7) is 6.77. The first kappa shape index (κ1) is 78.7. The Bertz CT molecular complexity index is 1770. The van der Waals surface area contributed by atoms with Crippen LogP contribution in [0.3, 0.4) is 0 Å². The van der Waals surface area contributed by atoms with Gasteiger partial charge in [-0.05, 0) is 122 Å². The summed E-state index contributed by atoms with van der Waals surface area (Å²) in [5, 5.41) is 3.03. The number of amides is 1. The number of carbonyl (C=O) groups is 2. The standard InChI is InChI=1S/C72H127N2O7P/c1-7-10-13-16-19-22-25-28-30-32-34-36-37-39-40-42-44-46-49-52-55-58-61-64-71(75)73-69(68-80-82(77,78)79-67-66-74(4,5)6)70(63-60-57-54-51-48-27-24-21-18-15-12-9-3)81-72(76)65-62-59-56-53-50-47-45-43-41-38-35-33-31-29-26-23-20-17-14-11-8-2/h19-20,22-23,28-31,34-36,38-40,43,45,60,63,69-70H,7-18,21,24-27,32-33,37,41-42,44,46-59,61-62,64-68H2,1-6H3,(H-,73,75,77,78)/b22-19-,23-20-,30-28-,31-29-,36-34-,38-35-,40-39-,45-43-,63-60+. The molecule has 0 saturated heterocycles. The first-order valence-electron chi connectivity index (χ1n) is 33.7. The molecule has 0 rings (SSSR count). The number of ether oxygens (including phenoxy) is 1. The molecule has 0 aromatic carbocycles. The number of likely N-dealkylation sites (N-methyl/N-ethyl adjacent to an activating group) is 1. The van der Waals surface area contributed by atoms with Crippen LogP contribution in [0.15, 0.2) is 109 Å². The smallest absolute Gasteiger partial charge is 0.306 e. The lowest BCUT2D eigenvalue weighted by atomic mass is 10.0. The SMILES string of the molecule is CCCCC/C=C\C/C=C\C/C=C\C/C=C\CCCCCCCCCC(=O)NC(COP(=O)([O-])OCC[N+](C)(C)C)C(/C=C/CCCCCCCCCCCC)OC(=O)CCCCCCC/C=C\C/C=C\C/C=C\C/C=C\CCCCC. The molecule has 0 saturated carbocycles. The van der Waals surface area contributed by atoms with Crippen LogP contribution in [0.1, 0.15) is 284 Å². The third-order valence-electron chi connectivity index (χ3n) is 14.4. The second kappa shape index (κ2) is 60.8. The Labute approximate surface area is 506 Å². The fourth-order valence-electron chi connectivity index (χ4n) is 9.19. The van der Waals surface area contributed by atoms with Gasteiger partial charge in [0.2, 0.25) is 5.91 Å². The van der Waals surface area contributed by atoms with Crippen LogP contribution in [0.5, 0.6) is 0 Å². The van der Waals surface area contributed by atoms with E-state index in [1.54, 1.807) is 0 Å². The van der Waals surface area contributed by atoms with Gasteiger partial charge in [0.1, 0.15) is 19.3 Å². The van der Waals surface area contributed by atoms with E-state index >= 15 is 0 Å². The van der Waals surface area contributed by atoms with Gasteiger partial charge in [-0.3, -0.25) is 14.2 Å². The van der Waals surface area contributed by atoms with Crippen molar-refractivity contribution in [1.82, 2.24) is 5.32 Å². The summed E-state index contributed by atoms with van der Waals surface area (Å²) >= 11 is 0. The minimum absolute atomic E-state index is 0.0333. The minimum Gasteiger partial charge on any atom is -0.756 e. The number of allylic oxidation sites excluding steroid dienone is 17. The van der Waals surface area contributed by atoms with Gasteiger partial charge in [-0.15, -0.1) is 0 Å². The zero-order chi connectivity index (χ0) is 60.0. The Morgan fingerprint density at radius 2 is 0.744 bits per heavy atom. The second-order valence-electron chi connectivity index (χ2n) is 23.6. The average molecular weight is 1160 g/mol. The molecule has 0 aliphatic rings. The molecule has 0 aliphatic carbocycles. The van der Waals surface area contributed by atoms with E-state index in [0.717, 1.165) is 122 Å². The van der Waals surface area contributed by atoms with Crippen molar-refractivity contribution in [2.24, 2.45) is 0 Å². The predicted molar refractivity (Wildman–Crippen MR) is 353 cm³/mol. The van der Waals surface area contributed by atoms with Gasteiger partial charge in [0.15, 0.2) is 0 Å². The molecule has 0 spiro atoms. The van der Waals surface area contributed by atoms with Gasteiger partial charge in [-0.1, -0.05) is 259 Å². The van der Waals surface area contributed by atoms with Gasteiger partial charge >= 0.3 is 5.97 Å². The molecular formula is C72H127N2O7P. The number of unbranched alkanes of at least 4 members (excludes halogenated alkanes) is 28. The van der Waals surface area contributed by atoms with Crippen LogP contribution in [0.2, 0.25) is 0 Å². The van der Waals surface area contributed by atoms with Crippen molar-refractivity contribution in [2.75, 3.05) is 40.9 Å². The maximum absolute atomic E-state index is 13.6. The molecule has 472 valence electrons. The van der Waals surface area contributed by atoms with E-state index in [9.17, 15) is 19.0 Å². The number of phosphoric acid groups is 1. The van der Waals surface area contributed by atoms with Crippen LogP contribution < -0.4 is 10.2 Å². The highest BCUT2D eigenvalue weighted by Gasteiger charge is 2.27. The molecule has 9 nitrogen and oxygen atoms in total. The summed E-state index contributed by atoms with van der Waals surface area (Å²) in [7, 11) is 1.15. The quantitative estimate of drug-likeness (QED) is 0.0212. The zero-order valence-corrected chi connectivity index (χ0v) is 54.8. The number of hydrogen-bond donors (Lipinski definition) is 1. The molecule has 10 heteroatoms. The number of hydrogen-bond acceptors (Lipinski definition) is 7. The summed E-state index contributed by atoms with van der Waals surface area (Å²) < 4.78 is 30.4. The van der Waals surface area contributed by atoms with Crippen LogP contribution in [-0.2, 0) is 27.9 Å². The fourth-order valence-corrected chi connectivity index (χ4v) is 9.92. The van der Waals surface area contributed by atoms with E-state index in [1.807, 2.05) is 33.3 Å². The van der Waals surface area contributed by atoms with Crippen molar-refractivity contribution in [3.05, 3.63) is 109 Å². The molecule has 0 heterocycles. The van der Waals surface area contributed by atoms with Crippen molar-refractivity contribution in [3.8, 4) is 0 Å². The Morgan fingerprint density at radius 1 is 0.427 bits per heavy atom. The van der Waals surface area contributed by atoms with Crippen LogP contribution in [0, 0.1) is 0 Å². The molecule has 3 unspecified atom stereocenters. The van der Waals surface area contributed by atoms with E-state index in [0.29, 0.717) is 23.9 Å². The molecular weight excluding hydrogens is 1040 g/mol. The van der Waals surface area contributed by atoms with Crippen LogP contribution in [0.4, 0.5) is 0 Å². The molecule has 0 aliphatic heterocycles. The maximum atomic E-state index is 13.6. The highest BCUT2D eigenvalue weighted by molar-refractivity contribution is 7.45. The van der Waals surface area contributed by atoms with Gasteiger partial charge in [0.25, 0.3) is 7.82 Å². The molecule has 0 aromatic rings. The molecule has 82 heavy (non-hydrogen) atoms. The highest BCUT2D eigenvalue weighted by Crippen LogP contribution is 2.38. The minimum atomic E-state index is -4.72. The molecule has 1 N–H and O–H groups in total. The van der Waals surface area contributed by atoms with E-state index in [-0.39, 0.29) is 24.9 Å². The average Bonchev–Trinajstić information content (AvgIpc) is 3.47. The lowest BCUT2D eigenvalue weighted by Crippen LogP contribution is -2.47. The van der Waals surface area contributed by atoms with Gasteiger partial charge in [0.05, 0.1) is 33.8 Å². The Kier molecular flexibility index (Phi) is 58.3. The van der Waals surface area contributed by atoms with Crippen molar-refractivity contribution in [2.45, 2.75) is 296 Å². The number of rotatable bonds is 60. The third-order valence-corrected chi connectivity index (χ3v) is 15.4. The molecule has 3 atom stereocenters. The summed E-state index contributed by atoms with van der Waals surface area (Å²) in [5.74, 6) is -0.577. The summed E-state index contributed by atoms with van der Waals surface area (Å²) in [6, 6.07) is -0.910. The molecule has 0 radical (unpaired) electrons. The summed E-state index contributed by atoms with van der Waals surface area (Å²) in [6.07, 6.45) is 83.4. The van der Waals surface area contributed by atoms with Crippen molar-refractivity contribution in [3.63, 3.8) is 0 Å². The van der Waals surface area contributed by atoms with Crippen LogP contribution >= 0.6 is 7.82 Å².